The van der Waals surface area contributed by atoms with E-state index in [4.69, 9.17) is 4.74 Å². The lowest BCUT2D eigenvalue weighted by Gasteiger charge is -2.21. The van der Waals surface area contributed by atoms with Gasteiger partial charge in [0.15, 0.2) is 0 Å². The van der Waals surface area contributed by atoms with Crippen LogP contribution in [0.1, 0.15) is 23.2 Å². The molecule has 1 saturated heterocycles. The van der Waals surface area contributed by atoms with Crippen LogP contribution in [0.3, 0.4) is 0 Å². The van der Waals surface area contributed by atoms with Crippen LogP contribution < -0.4 is 10.2 Å². The zero-order valence-corrected chi connectivity index (χ0v) is 13.6. The molecule has 0 aliphatic carbocycles. The molecule has 1 amide bonds. The van der Waals surface area contributed by atoms with E-state index < -0.39 is 0 Å². The lowest BCUT2D eigenvalue weighted by Crippen LogP contribution is -2.27. The van der Waals surface area contributed by atoms with Crippen molar-refractivity contribution in [2.45, 2.75) is 18.1 Å². The Morgan fingerprint density at radius 2 is 1.95 bits per heavy atom. The number of carbonyl (C=O) groups excluding carboxylic acids is 1. The predicted molar refractivity (Wildman–Crippen MR) is 89.4 cm³/mol. The maximum absolute atomic E-state index is 12.0. The third-order valence-electron chi connectivity index (χ3n) is 3.56. The monoisotopic (exact) mass is 308 g/mol. The molecular weight excluding hydrogens is 284 g/mol. The summed E-state index contributed by atoms with van der Waals surface area (Å²) in [6.07, 6.45) is 2.26. The van der Waals surface area contributed by atoms with Crippen molar-refractivity contribution < 1.29 is 9.53 Å². The van der Waals surface area contributed by atoms with E-state index in [-0.39, 0.29) is 5.91 Å². The molecule has 5 heteroatoms. The molecule has 21 heavy (non-hydrogen) atoms. The van der Waals surface area contributed by atoms with E-state index in [2.05, 4.69) is 5.32 Å². The van der Waals surface area contributed by atoms with Gasteiger partial charge in [0.05, 0.1) is 0 Å². The minimum absolute atomic E-state index is 0.00730. The second-order valence-electron chi connectivity index (χ2n) is 5.38. The van der Waals surface area contributed by atoms with Gasteiger partial charge in [0.25, 0.3) is 5.91 Å². The molecule has 1 aliphatic rings. The highest BCUT2D eigenvalue weighted by atomic mass is 32.2. The van der Waals surface area contributed by atoms with Crippen LogP contribution in [-0.2, 0) is 4.74 Å². The molecular formula is C16H24N2O2S. The highest BCUT2D eigenvalue weighted by Gasteiger charge is 2.13. The molecule has 1 N–H and O–H groups in total. The van der Waals surface area contributed by atoms with Gasteiger partial charge in [0.2, 0.25) is 0 Å². The molecule has 0 atom stereocenters. The average Bonchev–Trinajstić information content (AvgIpc) is 2.52. The number of nitrogens with zero attached hydrogens (tertiary/aromatic N) is 1. The standard InChI is InChI=1S/C16H24N2O2S/c1-18(2)14-5-3-13(4-6-14)16(19)17-9-12-21-15-7-10-20-11-8-15/h3-6,15H,7-12H2,1-2H3,(H,17,19). The van der Waals surface area contributed by atoms with Gasteiger partial charge in [-0.25, -0.2) is 0 Å². The zero-order chi connectivity index (χ0) is 15.1. The lowest BCUT2D eigenvalue weighted by molar-refractivity contribution is 0.0955. The lowest BCUT2D eigenvalue weighted by atomic mass is 10.2. The number of carbonyl (C=O) groups is 1. The highest BCUT2D eigenvalue weighted by Crippen LogP contribution is 2.21. The fraction of sp³-hybridized carbons (Fsp3) is 0.562. The zero-order valence-electron chi connectivity index (χ0n) is 12.8. The topological polar surface area (TPSA) is 41.6 Å². The average molecular weight is 308 g/mol. The quantitative estimate of drug-likeness (QED) is 0.819. The Kier molecular flexibility index (Phi) is 6.39. The summed E-state index contributed by atoms with van der Waals surface area (Å²) in [6.45, 7) is 2.47. The van der Waals surface area contributed by atoms with Crippen molar-refractivity contribution in [2.24, 2.45) is 0 Å². The second kappa shape index (κ2) is 8.29. The van der Waals surface area contributed by atoms with Crippen LogP contribution in [0.2, 0.25) is 0 Å². The summed E-state index contributed by atoms with van der Waals surface area (Å²) in [5.74, 6) is 0.972. The van der Waals surface area contributed by atoms with Crippen LogP contribution in [0.25, 0.3) is 0 Å². The molecule has 0 unspecified atom stereocenters. The molecule has 1 aromatic rings. The van der Waals surface area contributed by atoms with Gasteiger partial charge in [0, 0.05) is 56.1 Å². The van der Waals surface area contributed by atoms with E-state index in [1.165, 1.54) is 0 Å². The van der Waals surface area contributed by atoms with Gasteiger partial charge < -0.3 is 15.0 Å². The maximum Gasteiger partial charge on any atom is 0.251 e. The molecule has 1 aliphatic heterocycles. The van der Waals surface area contributed by atoms with Gasteiger partial charge in [-0.05, 0) is 37.1 Å². The van der Waals surface area contributed by atoms with Crippen molar-refractivity contribution in [3.8, 4) is 0 Å². The molecule has 0 saturated carbocycles. The SMILES string of the molecule is CN(C)c1ccc(C(=O)NCCSC2CCOCC2)cc1. The van der Waals surface area contributed by atoms with Crippen molar-refractivity contribution in [2.75, 3.05) is 44.5 Å². The molecule has 1 fully saturated rings. The summed E-state index contributed by atoms with van der Waals surface area (Å²) in [4.78, 5) is 14.0. The number of rotatable bonds is 6. The van der Waals surface area contributed by atoms with Gasteiger partial charge >= 0.3 is 0 Å². The Morgan fingerprint density at radius 1 is 1.29 bits per heavy atom. The molecule has 1 heterocycles. The number of thioether (sulfide) groups is 1. The number of anilines is 1. The smallest absolute Gasteiger partial charge is 0.251 e. The maximum atomic E-state index is 12.0. The molecule has 0 bridgehead atoms. The van der Waals surface area contributed by atoms with E-state index in [1.54, 1.807) is 0 Å². The molecule has 1 aromatic carbocycles. The Hall–Kier alpha value is -1.20. The summed E-state index contributed by atoms with van der Waals surface area (Å²) >= 11 is 1.94. The van der Waals surface area contributed by atoms with Crippen LogP contribution in [0.15, 0.2) is 24.3 Å². The fourth-order valence-corrected chi connectivity index (χ4v) is 3.32. The summed E-state index contributed by atoms with van der Waals surface area (Å²) < 4.78 is 5.34. The van der Waals surface area contributed by atoms with Crippen molar-refractivity contribution in [1.82, 2.24) is 5.32 Å². The van der Waals surface area contributed by atoms with Crippen molar-refractivity contribution >= 4 is 23.4 Å². The summed E-state index contributed by atoms with van der Waals surface area (Å²) in [5.41, 5.74) is 1.82. The van der Waals surface area contributed by atoms with Gasteiger partial charge in [0.1, 0.15) is 0 Å². The number of hydrogen-bond donors (Lipinski definition) is 1. The first kappa shape index (κ1) is 16.2. The first-order valence-electron chi connectivity index (χ1n) is 7.42. The molecule has 0 radical (unpaired) electrons. The Labute approximate surface area is 131 Å². The number of nitrogens with one attached hydrogen (secondary N) is 1. The predicted octanol–water partition coefficient (Wildman–Crippen LogP) is 2.39. The third kappa shape index (κ3) is 5.25. The molecule has 2 rings (SSSR count). The van der Waals surface area contributed by atoms with Crippen LogP contribution >= 0.6 is 11.8 Å². The molecule has 4 nitrogen and oxygen atoms in total. The van der Waals surface area contributed by atoms with E-state index in [0.29, 0.717) is 5.25 Å². The Morgan fingerprint density at radius 3 is 2.57 bits per heavy atom. The van der Waals surface area contributed by atoms with Crippen molar-refractivity contribution in [3.63, 3.8) is 0 Å². The number of hydrogen-bond acceptors (Lipinski definition) is 4. The Bertz CT molecular complexity index is 442. The van der Waals surface area contributed by atoms with Crippen LogP contribution in [-0.4, -0.2) is 50.8 Å². The molecule has 116 valence electrons. The van der Waals surface area contributed by atoms with Gasteiger partial charge in [-0.3, -0.25) is 4.79 Å². The number of amides is 1. The van der Waals surface area contributed by atoms with Gasteiger partial charge in [-0.2, -0.15) is 11.8 Å². The van der Waals surface area contributed by atoms with Gasteiger partial charge in [-0.15, -0.1) is 0 Å². The number of benzene rings is 1. The first-order valence-corrected chi connectivity index (χ1v) is 8.46. The summed E-state index contributed by atoms with van der Waals surface area (Å²) in [7, 11) is 3.98. The van der Waals surface area contributed by atoms with Crippen molar-refractivity contribution in [3.05, 3.63) is 29.8 Å². The second-order valence-corrected chi connectivity index (χ2v) is 6.79. The first-order chi connectivity index (χ1) is 10.2. The Balaban J connectivity index is 1.69. The van der Waals surface area contributed by atoms with Crippen LogP contribution in [0, 0.1) is 0 Å². The summed E-state index contributed by atoms with van der Waals surface area (Å²) in [6, 6.07) is 7.67. The normalized spacial score (nSPS) is 15.7. The van der Waals surface area contributed by atoms with E-state index >= 15 is 0 Å². The van der Waals surface area contributed by atoms with Gasteiger partial charge in [-0.1, -0.05) is 0 Å². The third-order valence-corrected chi connectivity index (χ3v) is 4.94. The van der Waals surface area contributed by atoms with E-state index in [9.17, 15) is 4.79 Å². The fourth-order valence-electron chi connectivity index (χ4n) is 2.25. The van der Waals surface area contributed by atoms with Crippen molar-refractivity contribution in [1.29, 1.82) is 0 Å². The largest absolute Gasteiger partial charge is 0.381 e. The minimum atomic E-state index is 0.00730. The minimum Gasteiger partial charge on any atom is -0.381 e. The van der Waals surface area contributed by atoms with E-state index in [1.807, 2.05) is 55.0 Å². The summed E-state index contributed by atoms with van der Waals surface area (Å²) in [5, 5.41) is 3.67. The van der Waals surface area contributed by atoms with E-state index in [0.717, 1.165) is 49.6 Å². The van der Waals surface area contributed by atoms with Crippen LogP contribution in [0.4, 0.5) is 5.69 Å². The number of ether oxygens (including phenoxy) is 1. The molecule has 0 spiro atoms. The highest BCUT2D eigenvalue weighted by molar-refractivity contribution is 7.99. The van der Waals surface area contributed by atoms with Crippen LogP contribution in [0.5, 0.6) is 0 Å². The molecule has 0 aromatic heterocycles.